The number of nitrogens with zero attached hydrogens (tertiary/aromatic N) is 1. The zero-order chi connectivity index (χ0) is 7.40. The average Bonchev–Trinajstić information content (AvgIpc) is 2.05. The summed E-state index contributed by atoms with van der Waals surface area (Å²) in [6.45, 7) is 6.73. The fraction of sp³-hybridized carbons (Fsp3) is 1.00. The highest BCUT2D eigenvalue weighted by Gasteiger charge is 2.14. The van der Waals surface area contributed by atoms with Crippen LogP contribution in [0.3, 0.4) is 0 Å². The number of piperazine rings is 1. The van der Waals surface area contributed by atoms with Gasteiger partial charge in [0.15, 0.2) is 0 Å². The minimum Gasteiger partial charge on any atom is -0.314 e. The first-order valence-corrected chi connectivity index (χ1v) is 4.49. The quantitative estimate of drug-likeness (QED) is 0.574. The molecule has 1 aliphatic heterocycles. The van der Waals surface area contributed by atoms with Crippen LogP contribution in [0.15, 0.2) is 0 Å². The molecule has 1 rings (SSSR count). The lowest BCUT2D eigenvalue weighted by atomic mass is 10.3. The Bertz CT molecular complexity index is 91.6. The molecule has 1 N–H and O–H groups in total. The Labute approximate surface area is 68.4 Å². The third-order valence-corrected chi connectivity index (χ3v) is 2.63. The smallest absolute Gasteiger partial charge is 0.0526 e. The van der Waals surface area contributed by atoms with E-state index in [-0.39, 0.29) is 0 Å². The van der Waals surface area contributed by atoms with E-state index >= 15 is 0 Å². The Hall–Kier alpha value is 0.270. The lowest BCUT2D eigenvalue weighted by Crippen LogP contribution is -2.46. The summed E-state index contributed by atoms with van der Waals surface area (Å²) in [5, 5.41) is 3.79. The molecule has 0 saturated carbocycles. The number of thiol groups is 1. The summed E-state index contributed by atoms with van der Waals surface area (Å²) in [5.74, 6) is 0. The van der Waals surface area contributed by atoms with Crippen molar-refractivity contribution in [2.45, 2.75) is 18.7 Å². The van der Waals surface area contributed by atoms with Gasteiger partial charge in [0.2, 0.25) is 0 Å². The number of hydrogen-bond acceptors (Lipinski definition) is 3. The normalized spacial score (nSPS) is 24.6. The molecule has 0 radical (unpaired) electrons. The molecule has 0 aromatic rings. The zero-order valence-corrected chi connectivity index (χ0v) is 7.40. The van der Waals surface area contributed by atoms with Gasteiger partial charge in [-0.15, -0.1) is 0 Å². The fourth-order valence-corrected chi connectivity index (χ4v) is 1.47. The van der Waals surface area contributed by atoms with Gasteiger partial charge in [-0.25, -0.2) is 0 Å². The van der Waals surface area contributed by atoms with Crippen molar-refractivity contribution >= 4 is 12.6 Å². The van der Waals surface area contributed by atoms with E-state index < -0.39 is 0 Å². The van der Waals surface area contributed by atoms with Gasteiger partial charge < -0.3 is 5.32 Å². The van der Waals surface area contributed by atoms with Crippen molar-refractivity contribution in [3.8, 4) is 0 Å². The minimum absolute atomic E-state index is 0.474. The molecule has 0 amide bonds. The van der Waals surface area contributed by atoms with Crippen LogP contribution in [-0.4, -0.2) is 36.5 Å². The van der Waals surface area contributed by atoms with Gasteiger partial charge in [0, 0.05) is 26.2 Å². The fourth-order valence-electron chi connectivity index (χ4n) is 1.24. The summed E-state index contributed by atoms with van der Waals surface area (Å²) in [6, 6.07) is 0. The third kappa shape index (κ3) is 2.15. The SMILES string of the molecule is CCC(S)N1CCNCC1. The van der Waals surface area contributed by atoms with Gasteiger partial charge in [-0.05, 0) is 6.42 Å². The molecule has 0 aromatic carbocycles. The van der Waals surface area contributed by atoms with Crippen LogP contribution >= 0.6 is 12.6 Å². The summed E-state index contributed by atoms with van der Waals surface area (Å²) in [5.41, 5.74) is 0. The molecule has 10 heavy (non-hydrogen) atoms. The second-order valence-corrected chi connectivity index (χ2v) is 3.27. The zero-order valence-electron chi connectivity index (χ0n) is 6.51. The molecule has 1 unspecified atom stereocenters. The Morgan fingerprint density at radius 3 is 2.60 bits per heavy atom. The van der Waals surface area contributed by atoms with E-state index in [4.69, 9.17) is 0 Å². The molecule has 0 aliphatic carbocycles. The van der Waals surface area contributed by atoms with Gasteiger partial charge in [0.1, 0.15) is 0 Å². The Morgan fingerprint density at radius 1 is 1.50 bits per heavy atom. The van der Waals surface area contributed by atoms with Crippen LogP contribution in [0.4, 0.5) is 0 Å². The molecule has 3 heteroatoms. The first kappa shape index (κ1) is 8.37. The van der Waals surface area contributed by atoms with Crippen molar-refractivity contribution in [2.75, 3.05) is 26.2 Å². The Kier molecular flexibility index (Phi) is 3.52. The molecular weight excluding hydrogens is 144 g/mol. The van der Waals surface area contributed by atoms with E-state index in [0.717, 1.165) is 32.6 Å². The molecule has 0 aromatic heterocycles. The number of rotatable bonds is 2. The molecule has 1 saturated heterocycles. The number of nitrogens with one attached hydrogen (secondary N) is 1. The van der Waals surface area contributed by atoms with Crippen LogP contribution in [0.25, 0.3) is 0 Å². The van der Waals surface area contributed by atoms with Gasteiger partial charge in [-0.1, -0.05) is 6.92 Å². The summed E-state index contributed by atoms with van der Waals surface area (Å²) >= 11 is 4.47. The van der Waals surface area contributed by atoms with Crippen LogP contribution in [0.5, 0.6) is 0 Å². The third-order valence-electron chi connectivity index (χ3n) is 1.94. The summed E-state index contributed by atoms with van der Waals surface area (Å²) in [6.07, 6.45) is 1.14. The van der Waals surface area contributed by atoms with E-state index in [0.29, 0.717) is 5.37 Å². The van der Waals surface area contributed by atoms with Crippen molar-refractivity contribution < 1.29 is 0 Å². The molecule has 1 fully saturated rings. The van der Waals surface area contributed by atoms with Crippen LogP contribution in [0, 0.1) is 0 Å². The largest absolute Gasteiger partial charge is 0.314 e. The van der Waals surface area contributed by atoms with Crippen molar-refractivity contribution in [1.29, 1.82) is 0 Å². The molecule has 1 atom stereocenters. The lowest BCUT2D eigenvalue weighted by molar-refractivity contribution is 0.223. The van der Waals surface area contributed by atoms with Gasteiger partial charge in [-0.3, -0.25) is 4.90 Å². The van der Waals surface area contributed by atoms with Gasteiger partial charge in [-0.2, -0.15) is 12.6 Å². The monoisotopic (exact) mass is 160 g/mol. The summed E-state index contributed by atoms with van der Waals surface area (Å²) in [4.78, 5) is 2.42. The molecule has 2 nitrogen and oxygen atoms in total. The van der Waals surface area contributed by atoms with E-state index in [1.54, 1.807) is 0 Å². The van der Waals surface area contributed by atoms with Gasteiger partial charge in [0.25, 0.3) is 0 Å². The van der Waals surface area contributed by atoms with Crippen molar-refractivity contribution in [3.63, 3.8) is 0 Å². The van der Waals surface area contributed by atoms with Crippen LogP contribution < -0.4 is 5.32 Å². The predicted octanol–water partition coefficient (Wildman–Crippen LogP) is 0.557. The highest BCUT2D eigenvalue weighted by molar-refractivity contribution is 7.80. The van der Waals surface area contributed by atoms with Gasteiger partial charge in [0.05, 0.1) is 5.37 Å². The Morgan fingerprint density at radius 2 is 2.10 bits per heavy atom. The topological polar surface area (TPSA) is 15.3 Å². The molecular formula is C7H16N2S. The standard InChI is InChI=1S/C7H16N2S/c1-2-7(10)9-5-3-8-4-6-9/h7-8,10H,2-6H2,1H3. The van der Waals surface area contributed by atoms with Crippen molar-refractivity contribution in [2.24, 2.45) is 0 Å². The molecule has 1 heterocycles. The van der Waals surface area contributed by atoms with Crippen LogP contribution in [-0.2, 0) is 0 Å². The summed E-state index contributed by atoms with van der Waals surface area (Å²) < 4.78 is 0. The first-order valence-electron chi connectivity index (χ1n) is 3.97. The van der Waals surface area contributed by atoms with Crippen LogP contribution in [0.1, 0.15) is 13.3 Å². The second kappa shape index (κ2) is 4.21. The maximum absolute atomic E-state index is 4.47. The van der Waals surface area contributed by atoms with E-state index in [1.807, 2.05) is 0 Å². The Balaban J connectivity index is 2.24. The average molecular weight is 160 g/mol. The molecule has 0 bridgehead atoms. The molecule has 60 valence electrons. The number of hydrogen-bond donors (Lipinski definition) is 2. The highest BCUT2D eigenvalue weighted by atomic mass is 32.1. The first-order chi connectivity index (χ1) is 4.84. The maximum atomic E-state index is 4.47. The van der Waals surface area contributed by atoms with Crippen molar-refractivity contribution in [1.82, 2.24) is 10.2 Å². The molecule has 0 spiro atoms. The lowest BCUT2D eigenvalue weighted by Gasteiger charge is -2.31. The van der Waals surface area contributed by atoms with E-state index in [9.17, 15) is 0 Å². The summed E-state index contributed by atoms with van der Waals surface area (Å²) in [7, 11) is 0. The highest BCUT2D eigenvalue weighted by Crippen LogP contribution is 2.08. The van der Waals surface area contributed by atoms with Crippen molar-refractivity contribution in [3.05, 3.63) is 0 Å². The second-order valence-electron chi connectivity index (χ2n) is 2.67. The van der Waals surface area contributed by atoms with Gasteiger partial charge >= 0.3 is 0 Å². The molecule has 1 aliphatic rings. The minimum atomic E-state index is 0.474. The van der Waals surface area contributed by atoms with Crippen LogP contribution in [0.2, 0.25) is 0 Å². The van der Waals surface area contributed by atoms with E-state index in [1.165, 1.54) is 0 Å². The maximum Gasteiger partial charge on any atom is 0.0526 e. The van der Waals surface area contributed by atoms with E-state index in [2.05, 4.69) is 29.8 Å². The predicted molar refractivity (Wildman–Crippen MR) is 47.5 cm³/mol.